The Hall–Kier alpha value is -3.22. The van der Waals surface area contributed by atoms with Gasteiger partial charge in [-0.05, 0) is 48.1 Å². The van der Waals surface area contributed by atoms with Gasteiger partial charge in [0.2, 0.25) is 5.91 Å². The number of nitrogens with zero attached hydrogens (tertiary/aromatic N) is 3. The van der Waals surface area contributed by atoms with Crippen molar-refractivity contribution in [3.05, 3.63) is 87.3 Å². The van der Waals surface area contributed by atoms with Crippen molar-refractivity contribution in [1.82, 2.24) is 19.7 Å². The van der Waals surface area contributed by atoms with Crippen LogP contribution in [0.3, 0.4) is 0 Å². The van der Waals surface area contributed by atoms with E-state index in [1.165, 1.54) is 22.4 Å². The molecule has 1 amide bonds. The van der Waals surface area contributed by atoms with Gasteiger partial charge in [-0.15, -0.1) is 0 Å². The standard InChI is InChI=1S/C24H27FN4O2/c1-2-17-10-12-18(13-11-17)23(19-7-6-8-20(25)15-19)26-22(30)16-29-24(31)28-14-5-3-4-9-21(28)27-29/h6-8,10-13,15,23H,2-5,9,14,16H2,1H3,(H,26,30)/t23-/m1/s1. The van der Waals surface area contributed by atoms with Gasteiger partial charge in [0, 0.05) is 13.0 Å². The highest BCUT2D eigenvalue weighted by molar-refractivity contribution is 5.76. The number of nitrogens with one attached hydrogen (secondary N) is 1. The average molecular weight is 423 g/mol. The molecule has 0 fully saturated rings. The maximum absolute atomic E-state index is 13.9. The van der Waals surface area contributed by atoms with Gasteiger partial charge in [-0.2, -0.15) is 5.10 Å². The number of aromatic nitrogens is 3. The van der Waals surface area contributed by atoms with Crippen molar-refractivity contribution in [3.8, 4) is 0 Å². The van der Waals surface area contributed by atoms with E-state index in [0.29, 0.717) is 12.1 Å². The number of amides is 1. The first-order chi connectivity index (χ1) is 15.0. The molecule has 1 N–H and O–H groups in total. The van der Waals surface area contributed by atoms with Crippen LogP contribution in [0.4, 0.5) is 4.39 Å². The molecule has 1 atom stereocenters. The summed E-state index contributed by atoms with van der Waals surface area (Å²) in [6.45, 7) is 2.55. The summed E-state index contributed by atoms with van der Waals surface area (Å²) in [5.74, 6) is 0.0345. The van der Waals surface area contributed by atoms with Crippen molar-refractivity contribution >= 4 is 5.91 Å². The van der Waals surface area contributed by atoms with Crippen molar-refractivity contribution in [2.75, 3.05) is 0 Å². The van der Waals surface area contributed by atoms with Crippen LogP contribution in [0.1, 0.15) is 54.7 Å². The van der Waals surface area contributed by atoms with E-state index >= 15 is 0 Å². The van der Waals surface area contributed by atoms with Crippen LogP contribution in [0, 0.1) is 5.82 Å². The molecule has 6 nitrogen and oxygen atoms in total. The predicted octanol–water partition coefficient (Wildman–Crippen LogP) is 3.38. The van der Waals surface area contributed by atoms with E-state index in [-0.39, 0.29) is 24.0 Å². The maximum Gasteiger partial charge on any atom is 0.346 e. The number of hydrogen-bond acceptors (Lipinski definition) is 3. The number of fused-ring (bicyclic) bond motifs is 1. The van der Waals surface area contributed by atoms with E-state index in [1.807, 2.05) is 24.3 Å². The summed E-state index contributed by atoms with van der Waals surface area (Å²) in [5, 5.41) is 7.35. The van der Waals surface area contributed by atoms with Gasteiger partial charge in [-0.1, -0.05) is 49.7 Å². The highest BCUT2D eigenvalue weighted by Gasteiger charge is 2.21. The lowest BCUT2D eigenvalue weighted by molar-refractivity contribution is -0.122. The van der Waals surface area contributed by atoms with E-state index in [2.05, 4.69) is 17.3 Å². The molecule has 2 heterocycles. The van der Waals surface area contributed by atoms with E-state index < -0.39 is 6.04 Å². The molecule has 7 heteroatoms. The van der Waals surface area contributed by atoms with Crippen molar-refractivity contribution in [2.24, 2.45) is 0 Å². The molecule has 0 saturated carbocycles. The van der Waals surface area contributed by atoms with Crippen LogP contribution in [0.2, 0.25) is 0 Å². The second kappa shape index (κ2) is 9.29. The van der Waals surface area contributed by atoms with Crippen LogP contribution in [-0.2, 0) is 30.7 Å². The molecule has 1 aromatic heterocycles. The Kier molecular flexibility index (Phi) is 6.30. The highest BCUT2D eigenvalue weighted by atomic mass is 19.1. The number of aryl methyl sites for hydroxylation is 2. The minimum absolute atomic E-state index is 0.169. The van der Waals surface area contributed by atoms with Crippen LogP contribution in [0.15, 0.2) is 53.3 Å². The average Bonchev–Trinajstić information content (AvgIpc) is 2.93. The lowest BCUT2D eigenvalue weighted by Crippen LogP contribution is -2.36. The van der Waals surface area contributed by atoms with Crippen LogP contribution >= 0.6 is 0 Å². The molecule has 4 rings (SSSR count). The van der Waals surface area contributed by atoms with E-state index in [4.69, 9.17) is 0 Å². The van der Waals surface area contributed by atoms with Crippen molar-refractivity contribution in [2.45, 2.75) is 58.2 Å². The predicted molar refractivity (Wildman–Crippen MR) is 116 cm³/mol. The van der Waals surface area contributed by atoms with Crippen molar-refractivity contribution in [3.63, 3.8) is 0 Å². The lowest BCUT2D eigenvalue weighted by atomic mass is 9.97. The zero-order chi connectivity index (χ0) is 21.8. The van der Waals surface area contributed by atoms with Gasteiger partial charge in [0.15, 0.2) is 0 Å². The SMILES string of the molecule is CCc1ccc([C@@H](NC(=O)Cn2nc3n(c2=O)CCCCC3)c2cccc(F)c2)cc1. The zero-order valence-corrected chi connectivity index (χ0v) is 17.7. The maximum atomic E-state index is 13.9. The molecule has 31 heavy (non-hydrogen) atoms. The minimum atomic E-state index is -0.523. The number of rotatable bonds is 6. The monoisotopic (exact) mass is 422 g/mol. The summed E-state index contributed by atoms with van der Waals surface area (Å²) in [6.07, 6.45) is 4.68. The third kappa shape index (κ3) is 4.76. The van der Waals surface area contributed by atoms with Gasteiger partial charge in [-0.3, -0.25) is 9.36 Å². The third-order valence-electron chi connectivity index (χ3n) is 5.78. The second-order valence-corrected chi connectivity index (χ2v) is 7.97. The normalized spacial score (nSPS) is 14.5. The summed E-state index contributed by atoms with van der Waals surface area (Å²) < 4.78 is 16.8. The van der Waals surface area contributed by atoms with Crippen molar-refractivity contribution < 1.29 is 9.18 Å². The second-order valence-electron chi connectivity index (χ2n) is 7.97. The number of carbonyl (C=O) groups is 1. The van der Waals surface area contributed by atoms with Crippen LogP contribution in [0.5, 0.6) is 0 Å². The Labute approximate surface area is 180 Å². The first-order valence-electron chi connectivity index (χ1n) is 10.9. The zero-order valence-electron chi connectivity index (χ0n) is 17.7. The fraction of sp³-hybridized carbons (Fsp3) is 0.375. The molecule has 162 valence electrons. The van der Waals surface area contributed by atoms with E-state index in [1.54, 1.807) is 16.7 Å². The summed E-state index contributed by atoms with van der Waals surface area (Å²) in [4.78, 5) is 25.6. The molecule has 0 spiro atoms. The van der Waals surface area contributed by atoms with Gasteiger partial charge in [0.1, 0.15) is 18.2 Å². The Morgan fingerprint density at radius 1 is 1.13 bits per heavy atom. The van der Waals surface area contributed by atoms with Gasteiger partial charge in [0.25, 0.3) is 0 Å². The first kappa shape index (κ1) is 21.0. The number of halogens is 1. The summed E-state index contributed by atoms with van der Waals surface area (Å²) in [5.41, 5.74) is 2.43. The molecule has 0 radical (unpaired) electrons. The van der Waals surface area contributed by atoms with Gasteiger partial charge in [0.05, 0.1) is 6.04 Å². The molecule has 1 aliphatic heterocycles. The van der Waals surface area contributed by atoms with E-state index in [9.17, 15) is 14.0 Å². The van der Waals surface area contributed by atoms with E-state index in [0.717, 1.165) is 43.5 Å². The topological polar surface area (TPSA) is 68.9 Å². The molecule has 0 bridgehead atoms. The largest absolute Gasteiger partial charge is 0.346 e. The quantitative estimate of drug-likeness (QED) is 0.662. The summed E-state index contributed by atoms with van der Waals surface area (Å²) >= 11 is 0. The fourth-order valence-electron chi connectivity index (χ4n) is 4.06. The first-order valence-corrected chi connectivity index (χ1v) is 10.9. The van der Waals surface area contributed by atoms with Gasteiger partial charge < -0.3 is 5.32 Å². The fourth-order valence-corrected chi connectivity index (χ4v) is 4.06. The molecule has 0 saturated heterocycles. The summed E-state index contributed by atoms with van der Waals surface area (Å²) in [7, 11) is 0. The molecule has 1 aliphatic rings. The highest BCUT2D eigenvalue weighted by Crippen LogP contribution is 2.23. The van der Waals surface area contributed by atoms with Gasteiger partial charge in [-0.25, -0.2) is 13.9 Å². The number of benzene rings is 2. The Morgan fingerprint density at radius 3 is 2.68 bits per heavy atom. The Morgan fingerprint density at radius 2 is 1.94 bits per heavy atom. The Balaban J connectivity index is 1.58. The third-order valence-corrected chi connectivity index (χ3v) is 5.78. The lowest BCUT2D eigenvalue weighted by Gasteiger charge is -2.20. The molecular formula is C24H27FN4O2. The molecule has 0 aliphatic carbocycles. The van der Waals surface area contributed by atoms with Crippen LogP contribution in [0.25, 0.3) is 0 Å². The Bertz CT molecular complexity index is 1120. The molecular weight excluding hydrogens is 395 g/mol. The smallest absolute Gasteiger partial charge is 0.344 e. The molecule has 3 aromatic rings. The minimum Gasteiger partial charge on any atom is -0.344 e. The number of carbonyl (C=O) groups excluding carboxylic acids is 1. The summed E-state index contributed by atoms with van der Waals surface area (Å²) in [6, 6.07) is 13.6. The van der Waals surface area contributed by atoms with Crippen LogP contribution < -0.4 is 11.0 Å². The molecule has 0 unspecified atom stereocenters. The number of hydrogen-bond donors (Lipinski definition) is 1. The molecule has 2 aromatic carbocycles. The van der Waals surface area contributed by atoms with Crippen molar-refractivity contribution in [1.29, 1.82) is 0 Å². The van der Waals surface area contributed by atoms with Gasteiger partial charge >= 0.3 is 5.69 Å². The van der Waals surface area contributed by atoms with Crippen LogP contribution in [-0.4, -0.2) is 20.3 Å².